The third-order valence-corrected chi connectivity index (χ3v) is 3.95. The van der Waals surface area contributed by atoms with Gasteiger partial charge in [0.25, 0.3) is 5.91 Å². The van der Waals surface area contributed by atoms with Crippen LogP contribution >= 0.6 is 0 Å². The second kappa shape index (κ2) is 11.8. The molecular weight excluding hydrogens is 398 g/mol. The Kier molecular flexibility index (Phi) is 9.13. The first-order valence-electron chi connectivity index (χ1n) is 9.01. The van der Waals surface area contributed by atoms with Crippen LogP contribution in [0, 0.1) is 5.82 Å². The number of methoxy groups -OCH3 is 1. The van der Waals surface area contributed by atoms with Crippen LogP contribution in [0.1, 0.15) is 16.9 Å². The molecule has 2 atom stereocenters. The van der Waals surface area contributed by atoms with Crippen LogP contribution < -0.4 is 15.4 Å². The molecule has 12 heteroatoms. The molecule has 0 spiro atoms. The normalized spacial score (nSPS) is 12.5. The Morgan fingerprint density at radius 2 is 1.93 bits per heavy atom. The number of aromatic nitrogens is 2. The summed E-state index contributed by atoms with van der Waals surface area (Å²) in [5.41, 5.74) is 0.0119. The van der Waals surface area contributed by atoms with Crippen LogP contribution in [0.4, 0.5) is 4.39 Å². The minimum absolute atomic E-state index is 0.0119. The Morgan fingerprint density at radius 3 is 2.53 bits per heavy atom. The largest absolute Gasteiger partial charge is 0.494 e. The fraction of sp³-hybridized carbons (Fsp3) is 0.333. The van der Waals surface area contributed by atoms with Crippen molar-refractivity contribution in [2.45, 2.75) is 18.4 Å². The van der Waals surface area contributed by atoms with E-state index in [4.69, 9.17) is 9.47 Å². The number of nitrogens with one attached hydrogen (secondary N) is 2. The lowest BCUT2D eigenvalue weighted by Crippen LogP contribution is -2.55. The molecule has 2 aromatic rings. The van der Waals surface area contributed by atoms with Crippen LogP contribution in [-0.2, 0) is 9.53 Å². The monoisotopic (exact) mass is 420 g/mol. The number of benzene rings is 1. The number of ether oxygens (including phenoxy) is 2. The molecule has 0 saturated heterocycles. The second-order valence-corrected chi connectivity index (χ2v) is 6.19. The molecule has 4 N–H and O–H groups in total. The van der Waals surface area contributed by atoms with Gasteiger partial charge in [-0.25, -0.2) is 9.37 Å². The zero-order valence-electron chi connectivity index (χ0n) is 16.2. The smallest absolute Gasteiger partial charge is 0.475 e. The molecular formula is C18H22BFN4O6. The molecule has 0 aliphatic rings. The summed E-state index contributed by atoms with van der Waals surface area (Å²) in [6.07, 6.45) is 4.01. The van der Waals surface area contributed by atoms with Crippen molar-refractivity contribution in [1.82, 2.24) is 20.6 Å². The SMILES string of the molecule is COCC(NC(=O)c1cnccn1)C(=O)NC(CCOc1ccc(F)cc1)B(O)O. The summed E-state index contributed by atoms with van der Waals surface area (Å²) in [4.78, 5) is 32.4. The summed E-state index contributed by atoms with van der Waals surface area (Å²) in [5, 5.41) is 24.0. The molecule has 1 aromatic heterocycles. The van der Waals surface area contributed by atoms with E-state index in [1.165, 1.54) is 50.0 Å². The van der Waals surface area contributed by atoms with E-state index < -0.39 is 36.7 Å². The van der Waals surface area contributed by atoms with Gasteiger partial charge < -0.3 is 30.2 Å². The zero-order chi connectivity index (χ0) is 21.9. The van der Waals surface area contributed by atoms with Crippen LogP contribution in [0.15, 0.2) is 42.9 Å². The third kappa shape index (κ3) is 7.39. The van der Waals surface area contributed by atoms with Gasteiger partial charge in [0.05, 0.1) is 25.4 Å². The first-order chi connectivity index (χ1) is 14.4. The highest BCUT2D eigenvalue weighted by Crippen LogP contribution is 2.11. The summed E-state index contributed by atoms with van der Waals surface area (Å²) >= 11 is 0. The molecule has 0 bridgehead atoms. The molecule has 160 valence electrons. The van der Waals surface area contributed by atoms with E-state index in [2.05, 4.69) is 20.6 Å². The van der Waals surface area contributed by atoms with E-state index >= 15 is 0 Å². The summed E-state index contributed by atoms with van der Waals surface area (Å²) in [5.74, 6) is -2.42. The van der Waals surface area contributed by atoms with Crippen molar-refractivity contribution >= 4 is 18.9 Å². The molecule has 2 amide bonds. The van der Waals surface area contributed by atoms with Gasteiger partial charge in [0, 0.05) is 25.9 Å². The number of rotatable bonds is 11. The highest BCUT2D eigenvalue weighted by atomic mass is 19.1. The molecule has 1 heterocycles. The van der Waals surface area contributed by atoms with Gasteiger partial charge in [0.1, 0.15) is 23.3 Å². The Bertz CT molecular complexity index is 812. The Morgan fingerprint density at radius 1 is 1.20 bits per heavy atom. The molecule has 30 heavy (non-hydrogen) atoms. The minimum Gasteiger partial charge on any atom is -0.494 e. The molecule has 0 radical (unpaired) electrons. The summed E-state index contributed by atoms with van der Waals surface area (Å²) in [7, 11) is -0.520. The lowest BCUT2D eigenvalue weighted by molar-refractivity contribution is -0.124. The summed E-state index contributed by atoms with van der Waals surface area (Å²) in [6.45, 7) is -0.132. The predicted octanol–water partition coefficient (Wildman–Crippen LogP) is -0.674. The topological polar surface area (TPSA) is 143 Å². The zero-order valence-corrected chi connectivity index (χ0v) is 16.2. The van der Waals surface area contributed by atoms with Gasteiger partial charge >= 0.3 is 7.12 Å². The lowest BCUT2D eigenvalue weighted by atomic mass is 9.77. The van der Waals surface area contributed by atoms with Gasteiger partial charge in [-0.05, 0) is 24.3 Å². The predicted molar refractivity (Wildman–Crippen MR) is 104 cm³/mol. The number of halogens is 1. The highest BCUT2D eigenvalue weighted by Gasteiger charge is 2.29. The van der Waals surface area contributed by atoms with E-state index in [0.29, 0.717) is 5.75 Å². The lowest BCUT2D eigenvalue weighted by Gasteiger charge is -2.22. The van der Waals surface area contributed by atoms with Crippen molar-refractivity contribution in [2.75, 3.05) is 20.3 Å². The van der Waals surface area contributed by atoms with E-state index in [1.807, 2.05) is 0 Å². The Balaban J connectivity index is 1.92. The summed E-state index contributed by atoms with van der Waals surface area (Å²) in [6, 6.07) is 4.20. The van der Waals surface area contributed by atoms with Crippen molar-refractivity contribution < 1.29 is 33.5 Å². The molecule has 2 unspecified atom stereocenters. The van der Waals surface area contributed by atoms with E-state index in [-0.39, 0.29) is 25.3 Å². The third-order valence-electron chi connectivity index (χ3n) is 3.95. The Labute approximate surface area is 172 Å². The maximum atomic E-state index is 12.9. The summed E-state index contributed by atoms with van der Waals surface area (Å²) < 4.78 is 23.3. The van der Waals surface area contributed by atoms with E-state index in [0.717, 1.165) is 0 Å². The number of carbonyl (C=O) groups is 2. The quantitative estimate of drug-likeness (QED) is 0.351. The number of hydrogen-bond acceptors (Lipinski definition) is 8. The average molecular weight is 420 g/mol. The maximum Gasteiger partial charge on any atom is 0.475 e. The van der Waals surface area contributed by atoms with Gasteiger partial charge in [0.15, 0.2) is 0 Å². The molecule has 10 nitrogen and oxygen atoms in total. The van der Waals surface area contributed by atoms with Crippen molar-refractivity contribution in [3.8, 4) is 5.75 Å². The minimum atomic E-state index is -1.87. The van der Waals surface area contributed by atoms with Crippen molar-refractivity contribution in [3.63, 3.8) is 0 Å². The van der Waals surface area contributed by atoms with Gasteiger partial charge in [-0.15, -0.1) is 0 Å². The van der Waals surface area contributed by atoms with Crippen LogP contribution in [0.2, 0.25) is 0 Å². The molecule has 0 aliphatic heterocycles. The first kappa shape index (κ1) is 23.2. The van der Waals surface area contributed by atoms with E-state index in [1.54, 1.807) is 0 Å². The van der Waals surface area contributed by atoms with E-state index in [9.17, 15) is 24.0 Å². The number of nitrogens with zero attached hydrogens (tertiary/aromatic N) is 2. The first-order valence-corrected chi connectivity index (χ1v) is 9.01. The maximum absolute atomic E-state index is 12.9. The second-order valence-electron chi connectivity index (χ2n) is 6.19. The van der Waals surface area contributed by atoms with Gasteiger partial charge in [-0.1, -0.05) is 0 Å². The van der Waals surface area contributed by atoms with Crippen LogP contribution in [-0.4, -0.2) is 71.3 Å². The van der Waals surface area contributed by atoms with Crippen molar-refractivity contribution in [1.29, 1.82) is 0 Å². The molecule has 2 rings (SSSR count). The van der Waals surface area contributed by atoms with Crippen molar-refractivity contribution in [3.05, 3.63) is 54.4 Å². The Hall–Kier alpha value is -3.09. The fourth-order valence-electron chi connectivity index (χ4n) is 2.41. The van der Waals surface area contributed by atoms with Crippen LogP contribution in [0.25, 0.3) is 0 Å². The van der Waals surface area contributed by atoms with Crippen LogP contribution in [0.3, 0.4) is 0 Å². The highest BCUT2D eigenvalue weighted by molar-refractivity contribution is 6.43. The fourth-order valence-corrected chi connectivity index (χ4v) is 2.41. The number of amides is 2. The van der Waals surface area contributed by atoms with Gasteiger partial charge in [-0.3, -0.25) is 14.6 Å². The van der Waals surface area contributed by atoms with Gasteiger partial charge in [0.2, 0.25) is 5.91 Å². The molecule has 0 fully saturated rings. The molecule has 1 aromatic carbocycles. The standard InChI is InChI=1S/C18H22BFN4O6/c1-29-11-15(23-17(25)14-10-21-7-8-22-14)18(26)24-16(19(27)28)6-9-30-13-4-2-12(20)3-5-13/h2-5,7-8,10,15-16,27-28H,6,9,11H2,1H3,(H,23,25)(H,24,26). The number of hydrogen-bond donors (Lipinski definition) is 4. The molecule has 0 saturated carbocycles. The number of carbonyl (C=O) groups excluding carboxylic acids is 2. The molecule has 0 aliphatic carbocycles. The average Bonchev–Trinajstić information content (AvgIpc) is 2.74. The van der Waals surface area contributed by atoms with Gasteiger partial charge in [-0.2, -0.15) is 0 Å². The van der Waals surface area contributed by atoms with Crippen LogP contribution in [0.5, 0.6) is 5.75 Å². The van der Waals surface area contributed by atoms with Crippen molar-refractivity contribution in [2.24, 2.45) is 0 Å².